The molecule has 84 valence electrons. The van der Waals surface area contributed by atoms with Crippen molar-refractivity contribution in [2.75, 3.05) is 0 Å². The molecule has 2 aromatic rings. The first-order valence-electron chi connectivity index (χ1n) is 5.17. The second-order valence-corrected chi connectivity index (χ2v) is 4.85. The van der Waals surface area contributed by atoms with Crippen molar-refractivity contribution in [1.82, 2.24) is 9.55 Å². The molecule has 0 saturated heterocycles. The van der Waals surface area contributed by atoms with Gasteiger partial charge in [-0.3, -0.25) is 4.79 Å². The molecule has 4 heteroatoms. The highest BCUT2D eigenvalue weighted by atomic mass is 16.1. The minimum absolute atomic E-state index is 0.00231. The van der Waals surface area contributed by atoms with Crippen LogP contribution in [0, 0.1) is 0 Å². The summed E-state index contributed by atoms with van der Waals surface area (Å²) in [5.41, 5.74) is 6.50. The van der Waals surface area contributed by atoms with Crippen molar-refractivity contribution in [2.24, 2.45) is 5.73 Å². The maximum Gasteiger partial charge on any atom is 0.267 e. The number of nitrogens with two attached hydrogens (primary N) is 1. The first kappa shape index (κ1) is 10.7. The van der Waals surface area contributed by atoms with Crippen LogP contribution in [0.25, 0.3) is 10.9 Å². The quantitative estimate of drug-likeness (QED) is 0.792. The summed E-state index contributed by atoms with van der Waals surface area (Å²) >= 11 is 0. The maximum absolute atomic E-state index is 11.0. The Labute approximate surface area is 94.1 Å². The van der Waals surface area contributed by atoms with Gasteiger partial charge in [0.2, 0.25) is 0 Å². The minimum Gasteiger partial charge on any atom is -0.364 e. The molecule has 2 rings (SSSR count). The van der Waals surface area contributed by atoms with Gasteiger partial charge in [0.1, 0.15) is 5.69 Å². The van der Waals surface area contributed by atoms with Gasteiger partial charge in [-0.2, -0.15) is 0 Å². The fraction of sp³-hybridized carbons (Fsp3) is 0.333. The van der Waals surface area contributed by atoms with Crippen LogP contribution in [0.5, 0.6) is 0 Å². The molecule has 0 atom stereocenters. The third kappa shape index (κ3) is 1.66. The van der Waals surface area contributed by atoms with Crippen LogP contribution in [0.15, 0.2) is 24.5 Å². The highest BCUT2D eigenvalue weighted by Gasteiger charge is 2.15. The van der Waals surface area contributed by atoms with Crippen LogP contribution in [0.4, 0.5) is 0 Å². The van der Waals surface area contributed by atoms with E-state index in [2.05, 4.69) is 30.3 Å². The van der Waals surface area contributed by atoms with E-state index < -0.39 is 5.91 Å². The minimum atomic E-state index is -0.495. The number of carbonyl (C=O) groups excluding carboxylic acids is 1. The molecule has 16 heavy (non-hydrogen) atoms. The summed E-state index contributed by atoms with van der Waals surface area (Å²) in [6.45, 7) is 6.36. The van der Waals surface area contributed by atoms with E-state index >= 15 is 0 Å². The number of hydrogen-bond donors (Lipinski definition) is 1. The summed E-state index contributed by atoms with van der Waals surface area (Å²) in [6, 6.07) is 3.69. The van der Waals surface area contributed by atoms with E-state index in [-0.39, 0.29) is 5.54 Å². The molecule has 0 saturated carbocycles. The molecule has 0 aliphatic rings. The van der Waals surface area contributed by atoms with Gasteiger partial charge < -0.3 is 10.3 Å². The molecule has 0 radical (unpaired) electrons. The molecular weight excluding hydrogens is 202 g/mol. The first-order valence-corrected chi connectivity index (χ1v) is 5.17. The molecule has 0 aromatic carbocycles. The van der Waals surface area contributed by atoms with Gasteiger partial charge in [0.05, 0.1) is 11.7 Å². The van der Waals surface area contributed by atoms with E-state index in [1.54, 1.807) is 12.3 Å². The van der Waals surface area contributed by atoms with Crippen molar-refractivity contribution >= 4 is 16.8 Å². The van der Waals surface area contributed by atoms with Gasteiger partial charge in [0.15, 0.2) is 0 Å². The third-order valence-electron chi connectivity index (χ3n) is 2.55. The Kier molecular flexibility index (Phi) is 2.22. The zero-order valence-electron chi connectivity index (χ0n) is 9.69. The summed E-state index contributed by atoms with van der Waals surface area (Å²) in [4.78, 5) is 15.1. The van der Waals surface area contributed by atoms with Crippen LogP contribution in [0.2, 0.25) is 0 Å². The molecule has 0 spiro atoms. The Bertz CT molecular complexity index is 549. The van der Waals surface area contributed by atoms with Crippen molar-refractivity contribution < 1.29 is 4.79 Å². The fourth-order valence-electron chi connectivity index (χ4n) is 1.75. The smallest absolute Gasteiger partial charge is 0.267 e. The van der Waals surface area contributed by atoms with Crippen LogP contribution in [0.1, 0.15) is 31.3 Å². The molecule has 4 nitrogen and oxygen atoms in total. The second-order valence-electron chi connectivity index (χ2n) is 4.85. The molecular formula is C12H15N3O. The lowest BCUT2D eigenvalue weighted by Gasteiger charge is -2.22. The molecule has 1 amide bonds. The molecule has 0 aliphatic carbocycles. The number of aromatic nitrogens is 2. The van der Waals surface area contributed by atoms with Gasteiger partial charge in [0, 0.05) is 17.1 Å². The summed E-state index contributed by atoms with van der Waals surface area (Å²) < 4.78 is 2.13. The van der Waals surface area contributed by atoms with E-state index in [4.69, 9.17) is 5.73 Å². The Hall–Kier alpha value is -1.84. The topological polar surface area (TPSA) is 60.9 Å². The van der Waals surface area contributed by atoms with E-state index in [1.165, 1.54) is 0 Å². The summed E-state index contributed by atoms with van der Waals surface area (Å²) in [5.74, 6) is -0.495. The molecule has 0 fully saturated rings. The summed E-state index contributed by atoms with van der Waals surface area (Å²) in [7, 11) is 0. The number of hydrogen-bond acceptors (Lipinski definition) is 2. The molecule has 2 aromatic heterocycles. The largest absolute Gasteiger partial charge is 0.364 e. The maximum atomic E-state index is 11.0. The normalized spacial score (nSPS) is 11.9. The van der Waals surface area contributed by atoms with Gasteiger partial charge in [-0.25, -0.2) is 4.98 Å². The van der Waals surface area contributed by atoms with Gasteiger partial charge in [0.25, 0.3) is 5.91 Å². The van der Waals surface area contributed by atoms with Gasteiger partial charge in [-0.05, 0) is 32.9 Å². The van der Waals surface area contributed by atoms with Crippen LogP contribution in [-0.2, 0) is 5.54 Å². The number of nitrogens with zero attached hydrogens (tertiary/aromatic N) is 2. The van der Waals surface area contributed by atoms with Crippen LogP contribution in [0.3, 0.4) is 0 Å². The van der Waals surface area contributed by atoms with Gasteiger partial charge in [-0.15, -0.1) is 0 Å². The van der Waals surface area contributed by atoms with E-state index in [0.29, 0.717) is 5.69 Å². The lowest BCUT2D eigenvalue weighted by atomic mass is 10.1. The number of fused-ring (bicyclic) bond motifs is 1. The molecule has 0 bridgehead atoms. The van der Waals surface area contributed by atoms with Crippen molar-refractivity contribution in [2.45, 2.75) is 26.3 Å². The molecule has 0 unspecified atom stereocenters. The molecule has 2 N–H and O–H groups in total. The number of primary amides is 1. The van der Waals surface area contributed by atoms with E-state index in [9.17, 15) is 4.79 Å². The van der Waals surface area contributed by atoms with E-state index in [1.807, 2.05) is 12.3 Å². The standard InChI is InChI=1S/C12H15N3O/c1-12(2,3)15-5-4-8-6-9(11(13)16)14-7-10(8)15/h4-7H,1-3H3,(H2,13,16). The molecule has 2 heterocycles. The van der Waals surface area contributed by atoms with Crippen molar-refractivity contribution in [1.29, 1.82) is 0 Å². The van der Waals surface area contributed by atoms with Crippen molar-refractivity contribution in [3.05, 3.63) is 30.2 Å². The Morgan fingerprint density at radius 3 is 2.69 bits per heavy atom. The second kappa shape index (κ2) is 3.33. The summed E-state index contributed by atoms with van der Waals surface area (Å²) in [6.07, 6.45) is 3.69. The Balaban J connectivity index is 2.64. The average Bonchev–Trinajstić information content (AvgIpc) is 2.58. The predicted octanol–water partition coefficient (Wildman–Crippen LogP) is 1.89. The van der Waals surface area contributed by atoms with E-state index in [0.717, 1.165) is 10.9 Å². The third-order valence-corrected chi connectivity index (χ3v) is 2.55. The predicted molar refractivity (Wildman–Crippen MR) is 63.2 cm³/mol. The monoisotopic (exact) mass is 217 g/mol. The lowest BCUT2D eigenvalue weighted by Crippen LogP contribution is -2.20. The lowest BCUT2D eigenvalue weighted by molar-refractivity contribution is 0.0996. The van der Waals surface area contributed by atoms with Gasteiger partial charge >= 0.3 is 0 Å². The Morgan fingerprint density at radius 1 is 1.44 bits per heavy atom. The van der Waals surface area contributed by atoms with Gasteiger partial charge in [-0.1, -0.05) is 0 Å². The zero-order chi connectivity index (χ0) is 11.9. The first-order chi connectivity index (χ1) is 7.39. The SMILES string of the molecule is CC(C)(C)n1ccc2cc(C(N)=O)ncc21. The molecule has 0 aliphatic heterocycles. The number of rotatable bonds is 1. The van der Waals surface area contributed by atoms with Crippen molar-refractivity contribution in [3.8, 4) is 0 Å². The number of carbonyl (C=O) groups is 1. The highest BCUT2D eigenvalue weighted by molar-refractivity contribution is 5.94. The van der Waals surface area contributed by atoms with Crippen LogP contribution in [-0.4, -0.2) is 15.5 Å². The summed E-state index contributed by atoms with van der Waals surface area (Å²) in [5, 5.41) is 0.985. The average molecular weight is 217 g/mol. The number of pyridine rings is 1. The fourth-order valence-corrected chi connectivity index (χ4v) is 1.75. The van der Waals surface area contributed by atoms with Crippen LogP contribution >= 0.6 is 0 Å². The Morgan fingerprint density at radius 2 is 2.12 bits per heavy atom. The van der Waals surface area contributed by atoms with Crippen molar-refractivity contribution in [3.63, 3.8) is 0 Å². The van der Waals surface area contributed by atoms with Crippen LogP contribution < -0.4 is 5.73 Å². The zero-order valence-corrected chi connectivity index (χ0v) is 9.69. The number of amides is 1. The highest BCUT2D eigenvalue weighted by Crippen LogP contribution is 2.23.